The maximum absolute atomic E-state index is 11.7. The summed E-state index contributed by atoms with van der Waals surface area (Å²) < 4.78 is 4.83. The summed E-state index contributed by atoms with van der Waals surface area (Å²) in [5.74, 6) is -0.179. The van der Waals surface area contributed by atoms with Gasteiger partial charge in [-0.25, -0.2) is 0 Å². The summed E-state index contributed by atoms with van der Waals surface area (Å²) in [6.45, 7) is 10.7. The van der Waals surface area contributed by atoms with Crippen LogP contribution in [0.4, 0.5) is 0 Å². The molecular weight excluding hydrogens is 228 g/mol. The number of nitrogens with one attached hydrogen (secondary N) is 1. The standard InChI is InChI=1S/C14H30N2O2/c1-7-16(12(2)3)11-9-8-10-14(4,15-5)13(17)18-6/h12,15H,7-11H2,1-6H3. The molecule has 0 amide bonds. The molecule has 0 aromatic heterocycles. The largest absolute Gasteiger partial charge is 0.468 e. The highest BCUT2D eigenvalue weighted by Crippen LogP contribution is 2.15. The Morgan fingerprint density at radius 3 is 2.39 bits per heavy atom. The average molecular weight is 258 g/mol. The molecular formula is C14H30N2O2. The molecule has 4 heteroatoms. The number of esters is 1. The summed E-state index contributed by atoms with van der Waals surface area (Å²) in [5.41, 5.74) is -0.552. The number of nitrogens with zero attached hydrogens (tertiary/aromatic N) is 1. The first-order valence-electron chi connectivity index (χ1n) is 6.92. The number of unbranched alkanes of at least 4 members (excludes halogenated alkanes) is 1. The smallest absolute Gasteiger partial charge is 0.325 e. The average Bonchev–Trinajstić information content (AvgIpc) is 2.36. The van der Waals surface area contributed by atoms with Gasteiger partial charge in [0.15, 0.2) is 0 Å². The summed E-state index contributed by atoms with van der Waals surface area (Å²) in [6.07, 6.45) is 2.95. The number of methoxy groups -OCH3 is 1. The normalized spacial score (nSPS) is 14.9. The Kier molecular flexibility index (Phi) is 8.20. The Morgan fingerprint density at radius 2 is 2.00 bits per heavy atom. The van der Waals surface area contributed by atoms with E-state index in [4.69, 9.17) is 4.74 Å². The van der Waals surface area contributed by atoms with Crippen LogP contribution >= 0.6 is 0 Å². The van der Waals surface area contributed by atoms with Crippen molar-refractivity contribution >= 4 is 5.97 Å². The quantitative estimate of drug-likeness (QED) is 0.507. The molecule has 0 fully saturated rings. The van der Waals surface area contributed by atoms with Gasteiger partial charge in [0.2, 0.25) is 0 Å². The predicted octanol–water partition coefficient (Wildman–Crippen LogP) is 2.04. The van der Waals surface area contributed by atoms with Crippen LogP contribution in [0.1, 0.15) is 47.0 Å². The van der Waals surface area contributed by atoms with Crippen molar-refractivity contribution in [3.05, 3.63) is 0 Å². The molecule has 108 valence electrons. The van der Waals surface area contributed by atoms with E-state index in [2.05, 4.69) is 31.0 Å². The third-order valence-electron chi connectivity index (χ3n) is 3.70. The number of likely N-dealkylation sites (N-methyl/N-ethyl adjacent to an activating group) is 1. The lowest BCUT2D eigenvalue weighted by Gasteiger charge is -2.28. The molecule has 1 N–H and O–H groups in total. The van der Waals surface area contributed by atoms with Crippen molar-refractivity contribution < 1.29 is 9.53 Å². The van der Waals surface area contributed by atoms with Gasteiger partial charge in [-0.1, -0.05) is 6.92 Å². The maximum Gasteiger partial charge on any atom is 0.325 e. The van der Waals surface area contributed by atoms with Gasteiger partial charge in [0, 0.05) is 6.04 Å². The number of hydrogen-bond acceptors (Lipinski definition) is 4. The molecule has 0 bridgehead atoms. The number of ether oxygens (including phenoxy) is 1. The van der Waals surface area contributed by atoms with E-state index in [-0.39, 0.29) is 5.97 Å². The number of rotatable bonds is 9. The molecule has 1 atom stereocenters. The van der Waals surface area contributed by atoms with Gasteiger partial charge in [-0.3, -0.25) is 4.79 Å². The van der Waals surface area contributed by atoms with Crippen LogP contribution in [0.2, 0.25) is 0 Å². The van der Waals surface area contributed by atoms with Gasteiger partial charge in [-0.2, -0.15) is 0 Å². The minimum atomic E-state index is -0.552. The summed E-state index contributed by atoms with van der Waals surface area (Å²) in [7, 11) is 3.25. The van der Waals surface area contributed by atoms with E-state index in [9.17, 15) is 4.79 Å². The second kappa shape index (κ2) is 8.48. The van der Waals surface area contributed by atoms with Crippen LogP contribution in [0.3, 0.4) is 0 Å². The third kappa shape index (κ3) is 5.36. The second-order valence-corrected chi connectivity index (χ2v) is 5.25. The Hall–Kier alpha value is -0.610. The van der Waals surface area contributed by atoms with Crippen molar-refractivity contribution in [2.45, 2.75) is 58.5 Å². The van der Waals surface area contributed by atoms with Crippen LogP contribution in [-0.2, 0) is 9.53 Å². The molecule has 1 unspecified atom stereocenters. The van der Waals surface area contributed by atoms with E-state index in [0.717, 1.165) is 32.4 Å². The molecule has 0 saturated carbocycles. The Bertz CT molecular complexity index is 244. The highest BCUT2D eigenvalue weighted by atomic mass is 16.5. The molecule has 0 heterocycles. The molecule has 0 aliphatic carbocycles. The van der Waals surface area contributed by atoms with Gasteiger partial charge in [0.25, 0.3) is 0 Å². The molecule has 0 aliphatic heterocycles. The summed E-state index contributed by atoms with van der Waals surface area (Å²) in [6, 6.07) is 0.589. The fourth-order valence-corrected chi connectivity index (χ4v) is 2.13. The van der Waals surface area contributed by atoms with Gasteiger partial charge in [-0.15, -0.1) is 0 Å². The number of carbonyl (C=O) groups excluding carboxylic acids is 1. The lowest BCUT2D eigenvalue weighted by atomic mass is 9.95. The van der Waals surface area contributed by atoms with E-state index in [1.165, 1.54) is 7.11 Å². The molecule has 18 heavy (non-hydrogen) atoms. The lowest BCUT2D eigenvalue weighted by molar-refractivity contribution is -0.148. The predicted molar refractivity (Wildman–Crippen MR) is 75.7 cm³/mol. The van der Waals surface area contributed by atoms with Crippen LogP contribution in [-0.4, -0.2) is 49.7 Å². The Morgan fingerprint density at radius 1 is 1.39 bits per heavy atom. The topological polar surface area (TPSA) is 41.6 Å². The van der Waals surface area contributed by atoms with Crippen molar-refractivity contribution in [3.8, 4) is 0 Å². The van der Waals surface area contributed by atoms with Crippen molar-refractivity contribution in [2.75, 3.05) is 27.2 Å². The third-order valence-corrected chi connectivity index (χ3v) is 3.70. The molecule has 0 rings (SSSR count). The van der Waals surface area contributed by atoms with E-state index in [1.807, 2.05) is 14.0 Å². The zero-order chi connectivity index (χ0) is 14.2. The van der Waals surface area contributed by atoms with Gasteiger partial charge < -0.3 is 15.0 Å². The van der Waals surface area contributed by atoms with Crippen molar-refractivity contribution in [1.29, 1.82) is 0 Å². The maximum atomic E-state index is 11.7. The van der Waals surface area contributed by atoms with Gasteiger partial charge in [-0.05, 0) is 60.2 Å². The highest BCUT2D eigenvalue weighted by molar-refractivity contribution is 5.80. The number of carbonyl (C=O) groups is 1. The highest BCUT2D eigenvalue weighted by Gasteiger charge is 2.31. The van der Waals surface area contributed by atoms with Crippen LogP contribution < -0.4 is 5.32 Å². The van der Waals surface area contributed by atoms with Gasteiger partial charge >= 0.3 is 5.97 Å². The zero-order valence-electron chi connectivity index (χ0n) is 12.9. The fraction of sp³-hybridized carbons (Fsp3) is 0.929. The minimum Gasteiger partial charge on any atom is -0.468 e. The monoisotopic (exact) mass is 258 g/mol. The van der Waals surface area contributed by atoms with Crippen LogP contribution in [0, 0.1) is 0 Å². The summed E-state index contributed by atoms with van der Waals surface area (Å²) in [4.78, 5) is 14.1. The molecule has 0 aromatic rings. The first-order valence-corrected chi connectivity index (χ1v) is 6.92. The van der Waals surface area contributed by atoms with E-state index in [1.54, 1.807) is 0 Å². The molecule has 0 aromatic carbocycles. The Balaban J connectivity index is 4.05. The van der Waals surface area contributed by atoms with E-state index >= 15 is 0 Å². The minimum absolute atomic E-state index is 0.179. The van der Waals surface area contributed by atoms with Crippen LogP contribution in [0.25, 0.3) is 0 Å². The van der Waals surface area contributed by atoms with Crippen LogP contribution in [0.15, 0.2) is 0 Å². The molecule has 0 radical (unpaired) electrons. The van der Waals surface area contributed by atoms with Crippen molar-refractivity contribution in [2.24, 2.45) is 0 Å². The molecule has 0 aliphatic rings. The second-order valence-electron chi connectivity index (χ2n) is 5.25. The first kappa shape index (κ1) is 17.4. The first-order chi connectivity index (χ1) is 8.41. The van der Waals surface area contributed by atoms with E-state index in [0.29, 0.717) is 6.04 Å². The summed E-state index contributed by atoms with van der Waals surface area (Å²) in [5, 5.41) is 3.07. The zero-order valence-corrected chi connectivity index (χ0v) is 12.9. The fourth-order valence-electron chi connectivity index (χ4n) is 2.13. The van der Waals surface area contributed by atoms with Gasteiger partial charge in [0.05, 0.1) is 7.11 Å². The van der Waals surface area contributed by atoms with E-state index < -0.39 is 5.54 Å². The number of hydrogen-bond donors (Lipinski definition) is 1. The summed E-state index contributed by atoms with van der Waals surface area (Å²) >= 11 is 0. The van der Waals surface area contributed by atoms with Crippen molar-refractivity contribution in [3.63, 3.8) is 0 Å². The van der Waals surface area contributed by atoms with Crippen LogP contribution in [0.5, 0.6) is 0 Å². The molecule has 4 nitrogen and oxygen atoms in total. The van der Waals surface area contributed by atoms with Crippen molar-refractivity contribution in [1.82, 2.24) is 10.2 Å². The molecule has 0 spiro atoms. The van der Waals surface area contributed by atoms with Gasteiger partial charge in [0.1, 0.15) is 5.54 Å². The SMILES string of the molecule is CCN(CCCCC(C)(NC)C(=O)OC)C(C)C. The molecule has 0 saturated heterocycles. The lowest BCUT2D eigenvalue weighted by Crippen LogP contribution is -2.48. The Labute approximate surface area is 112 Å².